The van der Waals surface area contributed by atoms with Crippen LogP contribution in [-0.4, -0.2) is 26.0 Å². The van der Waals surface area contributed by atoms with Crippen molar-refractivity contribution in [1.82, 2.24) is 0 Å². The molecule has 88 valence electrons. The smallest absolute Gasteiger partial charge is 0.170 e. The first kappa shape index (κ1) is 11.4. The maximum Gasteiger partial charge on any atom is 0.170 e. The molecule has 4 heteroatoms. The highest BCUT2D eigenvalue weighted by Gasteiger charge is 2.25. The maximum atomic E-state index is 5.61. The summed E-state index contributed by atoms with van der Waals surface area (Å²) in [6, 6.07) is 7.88. The van der Waals surface area contributed by atoms with Gasteiger partial charge in [0.05, 0.1) is 13.2 Å². The SMILES string of the molecule is CCOc1ccc(C2COC(CN)O2)cc1. The van der Waals surface area contributed by atoms with Gasteiger partial charge in [0, 0.05) is 6.54 Å². The highest BCUT2D eigenvalue weighted by molar-refractivity contribution is 5.28. The maximum absolute atomic E-state index is 5.61. The standard InChI is InChI=1S/C12H17NO3/c1-2-14-10-5-3-9(4-6-10)11-8-15-12(7-13)16-11/h3-6,11-12H,2,7-8,13H2,1H3. The average Bonchev–Trinajstić information content (AvgIpc) is 2.79. The first-order chi connectivity index (χ1) is 7.83. The molecule has 0 saturated carbocycles. The summed E-state index contributed by atoms with van der Waals surface area (Å²) in [4.78, 5) is 0. The fourth-order valence-corrected chi connectivity index (χ4v) is 1.70. The van der Waals surface area contributed by atoms with Crippen LogP contribution in [0.5, 0.6) is 5.75 Å². The van der Waals surface area contributed by atoms with E-state index in [2.05, 4.69) is 0 Å². The van der Waals surface area contributed by atoms with Gasteiger partial charge in [0.25, 0.3) is 0 Å². The molecule has 0 aliphatic carbocycles. The number of benzene rings is 1. The zero-order valence-corrected chi connectivity index (χ0v) is 9.39. The van der Waals surface area contributed by atoms with Crippen molar-refractivity contribution < 1.29 is 14.2 Å². The van der Waals surface area contributed by atoms with Crippen molar-refractivity contribution in [1.29, 1.82) is 0 Å². The van der Waals surface area contributed by atoms with E-state index in [0.717, 1.165) is 11.3 Å². The molecule has 1 aromatic rings. The monoisotopic (exact) mass is 223 g/mol. The second-order valence-electron chi connectivity index (χ2n) is 3.63. The summed E-state index contributed by atoms with van der Waals surface area (Å²) < 4.78 is 16.4. The largest absolute Gasteiger partial charge is 0.494 e. The van der Waals surface area contributed by atoms with Crippen LogP contribution in [0.1, 0.15) is 18.6 Å². The summed E-state index contributed by atoms with van der Waals surface area (Å²) in [5.41, 5.74) is 6.56. The van der Waals surface area contributed by atoms with Crippen LogP contribution in [0, 0.1) is 0 Å². The fraction of sp³-hybridized carbons (Fsp3) is 0.500. The quantitative estimate of drug-likeness (QED) is 0.839. The third-order valence-electron chi connectivity index (χ3n) is 2.50. The van der Waals surface area contributed by atoms with Crippen molar-refractivity contribution in [2.45, 2.75) is 19.3 Å². The Hall–Kier alpha value is -1.10. The van der Waals surface area contributed by atoms with Crippen molar-refractivity contribution in [3.05, 3.63) is 29.8 Å². The molecule has 1 heterocycles. The van der Waals surface area contributed by atoms with Crippen LogP contribution in [0.25, 0.3) is 0 Å². The molecule has 1 aromatic carbocycles. The van der Waals surface area contributed by atoms with Crippen LogP contribution in [0.15, 0.2) is 24.3 Å². The number of hydrogen-bond donors (Lipinski definition) is 1. The lowest BCUT2D eigenvalue weighted by Gasteiger charge is -2.10. The second-order valence-corrected chi connectivity index (χ2v) is 3.63. The summed E-state index contributed by atoms with van der Waals surface area (Å²) in [5.74, 6) is 0.876. The Balaban J connectivity index is 1.99. The summed E-state index contributed by atoms with van der Waals surface area (Å²) in [6.45, 7) is 3.61. The third-order valence-corrected chi connectivity index (χ3v) is 2.50. The lowest BCUT2D eigenvalue weighted by molar-refractivity contribution is -0.0497. The van der Waals surface area contributed by atoms with E-state index in [1.807, 2.05) is 31.2 Å². The van der Waals surface area contributed by atoms with Crippen LogP contribution >= 0.6 is 0 Å². The van der Waals surface area contributed by atoms with Gasteiger partial charge in [0.1, 0.15) is 11.9 Å². The fourth-order valence-electron chi connectivity index (χ4n) is 1.70. The molecule has 1 aliphatic heterocycles. The van der Waals surface area contributed by atoms with Gasteiger partial charge in [0.15, 0.2) is 6.29 Å². The summed E-state index contributed by atoms with van der Waals surface area (Å²) in [6.07, 6.45) is -0.277. The molecule has 0 radical (unpaired) electrons. The van der Waals surface area contributed by atoms with Crippen molar-refractivity contribution in [2.75, 3.05) is 19.8 Å². The van der Waals surface area contributed by atoms with E-state index in [0.29, 0.717) is 19.8 Å². The molecule has 1 saturated heterocycles. The van der Waals surface area contributed by atoms with Gasteiger partial charge in [-0.2, -0.15) is 0 Å². The van der Waals surface area contributed by atoms with Crippen LogP contribution in [0.3, 0.4) is 0 Å². The summed E-state index contributed by atoms with van der Waals surface area (Å²) >= 11 is 0. The minimum absolute atomic E-state index is 0.00998. The highest BCUT2D eigenvalue weighted by Crippen LogP contribution is 2.27. The molecule has 0 bridgehead atoms. The van der Waals surface area contributed by atoms with Gasteiger partial charge in [-0.25, -0.2) is 0 Å². The topological polar surface area (TPSA) is 53.7 Å². The zero-order chi connectivity index (χ0) is 11.4. The zero-order valence-electron chi connectivity index (χ0n) is 9.39. The molecule has 2 atom stereocenters. The molecule has 2 N–H and O–H groups in total. The van der Waals surface area contributed by atoms with Gasteiger partial charge >= 0.3 is 0 Å². The Labute approximate surface area is 95.3 Å². The van der Waals surface area contributed by atoms with Gasteiger partial charge < -0.3 is 19.9 Å². The second kappa shape index (κ2) is 5.30. The van der Waals surface area contributed by atoms with Crippen LogP contribution in [0.4, 0.5) is 0 Å². The predicted molar refractivity (Wildman–Crippen MR) is 60.2 cm³/mol. The van der Waals surface area contributed by atoms with E-state index in [9.17, 15) is 0 Å². The van der Waals surface area contributed by atoms with Gasteiger partial charge in [-0.1, -0.05) is 12.1 Å². The molecular weight excluding hydrogens is 206 g/mol. The Bertz CT molecular complexity index is 326. The van der Waals surface area contributed by atoms with E-state index in [4.69, 9.17) is 19.9 Å². The van der Waals surface area contributed by atoms with Crippen LogP contribution < -0.4 is 10.5 Å². The normalized spacial score (nSPS) is 24.6. The van der Waals surface area contributed by atoms with Crippen molar-refractivity contribution in [3.8, 4) is 5.75 Å². The summed E-state index contributed by atoms with van der Waals surface area (Å²) in [5, 5.41) is 0. The molecule has 2 rings (SSSR count). The number of nitrogens with two attached hydrogens (primary N) is 1. The lowest BCUT2D eigenvalue weighted by atomic mass is 10.1. The van der Waals surface area contributed by atoms with Gasteiger partial charge in [-0.3, -0.25) is 0 Å². The third kappa shape index (κ3) is 2.52. The molecule has 4 nitrogen and oxygen atoms in total. The first-order valence-electron chi connectivity index (χ1n) is 5.53. The molecular formula is C12H17NO3. The summed E-state index contributed by atoms with van der Waals surface area (Å²) in [7, 11) is 0. The first-order valence-corrected chi connectivity index (χ1v) is 5.53. The van der Waals surface area contributed by atoms with Crippen molar-refractivity contribution in [3.63, 3.8) is 0 Å². The molecule has 1 fully saturated rings. The molecule has 1 aliphatic rings. The predicted octanol–water partition coefficient (Wildman–Crippen LogP) is 1.46. The van der Waals surface area contributed by atoms with E-state index < -0.39 is 0 Å². The van der Waals surface area contributed by atoms with E-state index >= 15 is 0 Å². The molecule has 2 unspecified atom stereocenters. The van der Waals surface area contributed by atoms with E-state index in [-0.39, 0.29) is 12.4 Å². The number of hydrogen-bond acceptors (Lipinski definition) is 4. The molecule has 0 aromatic heterocycles. The van der Waals surface area contributed by atoms with Crippen molar-refractivity contribution in [2.24, 2.45) is 5.73 Å². The molecule has 16 heavy (non-hydrogen) atoms. The molecule has 0 amide bonds. The Morgan fingerprint density at radius 3 is 2.69 bits per heavy atom. The van der Waals surface area contributed by atoms with E-state index in [1.165, 1.54) is 0 Å². The Morgan fingerprint density at radius 1 is 1.38 bits per heavy atom. The molecule has 0 spiro atoms. The van der Waals surface area contributed by atoms with Gasteiger partial charge in [-0.05, 0) is 24.6 Å². The van der Waals surface area contributed by atoms with Gasteiger partial charge in [0.2, 0.25) is 0 Å². The lowest BCUT2D eigenvalue weighted by Crippen LogP contribution is -2.20. The Morgan fingerprint density at radius 2 is 2.12 bits per heavy atom. The number of ether oxygens (including phenoxy) is 3. The van der Waals surface area contributed by atoms with Gasteiger partial charge in [-0.15, -0.1) is 0 Å². The van der Waals surface area contributed by atoms with Crippen LogP contribution in [0.2, 0.25) is 0 Å². The number of rotatable bonds is 4. The van der Waals surface area contributed by atoms with Crippen LogP contribution in [-0.2, 0) is 9.47 Å². The van der Waals surface area contributed by atoms with E-state index in [1.54, 1.807) is 0 Å². The average molecular weight is 223 g/mol. The Kier molecular flexibility index (Phi) is 3.77. The van der Waals surface area contributed by atoms with Crippen molar-refractivity contribution >= 4 is 0 Å². The minimum atomic E-state index is -0.267. The minimum Gasteiger partial charge on any atom is -0.494 e. The highest BCUT2D eigenvalue weighted by atomic mass is 16.7.